The summed E-state index contributed by atoms with van der Waals surface area (Å²) in [4.78, 5) is 24.9. The summed E-state index contributed by atoms with van der Waals surface area (Å²) in [5.41, 5.74) is 4.76. The highest BCUT2D eigenvalue weighted by Gasteiger charge is 2.21. The molecule has 122 valence electrons. The minimum atomic E-state index is -0.857. The number of anilines is 1. The van der Waals surface area contributed by atoms with Crippen LogP contribution in [-0.4, -0.2) is 18.0 Å². The van der Waals surface area contributed by atoms with E-state index in [4.69, 9.17) is 4.74 Å². The molecule has 4 nitrogen and oxygen atoms in total. The van der Waals surface area contributed by atoms with E-state index < -0.39 is 12.1 Å². The van der Waals surface area contributed by atoms with E-state index in [-0.39, 0.29) is 5.91 Å². The highest BCUT2D eigenvalue weighted by molar-refractivity contribution is 7.12. The fourth-order valence-electron chi connectivity index (χ4n) is 2.45. The maximum absolute atomic E-state index is 12.3. The van der Waals surface area contributed by atoms with Crippen LogP contribution in [-0.2, 0) is 9.53 Å². The van der Waals surface area contributed by atoms with Crippen LogP contribution in [0.15, 0.2) is 23.6 Å². The molecule has 0 saturated carbocycles. The zero-order valence-corrected chi connectivity index (χ0v) is 14.8. The lowest BCUT2D eigenvalue weighted by Gasteiger charge is -2.16. The number of hydrogen-bond donors (Lipinski definition) is 1. The lowest BCUT2D eigenvalue weighted by atomic mass is 10.0. The van der Waals surface area contributed by atoms with Gasteiger partial charge in [-0.2, -0.15) is 0 Å². The van der Waals surface area contributed by atoms with Crippen molar-refractivity contribution in [2.75, 3.05) is 5.32 Å². The van der Waals surface area contributed by atoms with E-state index in [0.717, 1.165) is 27.9 Å². The number of carbonyl (C=O) groups excluding carboxylic acids is 2. The summed E-state index contributed by atoms with van der Waals surface area (Å²) in [6.07, 6.45) is -0.857. The molecular formula is C18H21NO3S. The lowest BCUT2D eigenvalue weighted by molar-refractivity contribution is -0.123. The number of carbonyl (C=O) groups is 2. The Balaban J connectivity index is 2.06. The van der Waals surface area contributed by atoms with E-state index in [9.17, 15) is 9.59 Å². The fourth-order valence-corrected chi connectivity index (χ4v) is 3.26. The van der Waals surface area contributed by atoms with Gasteiger partial charge < -0.3 is 10.1 Å². The number of amides is 1. The summed E-state index contributed by atoms with van der Waals surface area (Å²) in [6.45, 7) is 9.33. The second-order valence-corrected chi connectivity index (χ2v) is 6.66. The van der Waals surface area contributed by atoms with Gasteiger partial charge in [-0.15, -0.1) is 11.3 Å². The van der Waals surface area contributed by atoms with Crippen molar-refractivity contribution in [3.05, 3.63) is 50.7 Å². The summed E-state index contributed by atoms with van der Waals surface area (Å²) in [5, 5.41) is 4.69. The Morgan fingerprint density at radius 2 is 1.70 bits per heavy atom. The molecule has 23 heavy (non-hydrogen) atoms. The molecule has 1 aromatic carbocycles. The molecule has 0 aliphatic rings. The largest absolute Gasteiger partial charge is 0.448 e. The lowest BCUT2D eigenvalue weighted by Crippen LogP contribution is -2.30. The molecule has 2 aromatic rings. The van der Waals surface area contributed by atoms with E-state index in [0.29, 0.717) is 4.88 Å². The summed E-state index contributed by atoms with van der Waals surface area (Å²) in [5.74, 6) is -0.792. The predicted molar refractivity (Wildman–Crippen MR) is 93.2 cm³/mol. The van der Waals surface area contributed by atoms with Crippen LogP contribution in [0.1, 0.15) is 38.8 Å². The number of rotatable bonds is 4. The number of esters is 1. The average Bonchev–Trinajstić information content (AvgIpc) is 2.88. The van der Waals surface area contributed by atoms with Gasteiger partial charge in [-0.1, -0.05) is 17.7 Å². The molecule has 0 radical (unpaired) electrons. The van der Waals surface area contributed by atoms with Crippen LogP contribution >= 0.6 is 11.3 Å². The molecule has 0 unspecified atom stereocenters. The molecule has 0 saturated heterocycles. The maximum Gasteiger partial charge on any atom is 0.349 e. The number of aryl methyl sites for hydroxylation is 4. The second kappa shape index (κ2) is 6.96. The second-order valence-electron chi connectivity index (χ2n) is 5.74. The van der Waals surface area contributed by atoms with Crippen LogP contribution in [0.25, 0.3) is 0 Å². The molecule has 0 bridgehead atoms. The van der Waals surface area contributed by atoms with Gasteiger partial charge in [0, 0.05) is 5.69 Å². The zero-order chi connectivity index (χ0) is 17.1. The van der Waals surface area contributed by atoms with Crippen LogP contribution in [0.3, 0.4) is 0 Å². The molecule has 1 heterocycles. The van der Waals surface area contributed by atoms with Gasteiger partial charge in [-0.3, -0.25) is 4.79 Å². The molecule has 5 heteroatoms. The topological polar surface area (TPSA) is 55.4 Å². The monoisotopic (exact) mass is 331 g/mol. The first-order valence-corrected chi connectivity index (χ1v) is 8.31. The van der Waals surface area contributed by atoms with Crippen LogP contribution in [0.5, 0.6) is 0 Å². The first-order chi connectivity index (χ1) is 10.8. The molecule has 0 spiro atoms. The van der Waals surface area contributed by atoms with E-state index in [1.54, 1.807) is 6.92 Å². The average molecular weight is 331 g/mol. The van der Waals surface area contributed by atoms with Gasteiger partial charge in [0.2, 0.25) is 0 Å². The number of nitrogens with one attached hydrogen (secondary N) is 1. The maximum atomic E-state index is 12.3. The molecule has 1 aromatic heterocycles. The minimum absolute atomic E-state index is 0.331. The van der Waals surface area contributed by atoms with Crippen molar-refractivity contribution < 1.29 is 14.3 Å². The number of hydrogen-bond acceptors (Lipinski definition) is 4. The smallest absolute Gasteiger partial charge is 0.349 e. The molecular weight excluding hydrogens is 310 g/mol. The van der Waals surface area contributed by atoms with Gasteiger partial charge in [0.1, 0.15) is 4.88 Å². The fraction of sp³-hybridized carbons (Fsp3) is 0.333. The molecule has 2 rings (SSSR count). The predicted octanol–water partition coefficient (Wildman–Crippen LogP) is 4.17. The van der Waals surface area contributed by atoms with Crippen LogP contribution in [0, 0.1) is 27.7 Å². The summed E-state index contributed by atoms with van der Waals surface area (Å²) in [7, 11) is 0. The Kier molecular flexibility index (Phi) is 5.21. The van der Waals surface area contributed by atoms with Crippen molar-refractivity contribution in [3.8, 4) is 0 Å². The SMILES string of the molecule is Cc1cc(C)c(NC(=O)[C@H](C)OC(=O)c2sccc2C)c(C)c1. The number of benzene rings is 1. The molecule has 0 aliphatic carbocycles. The van der Waals surface area contributed by atoms with Crippen LogP contribution < -0.4 is 5.32 Å². The van der Waals surface area contributed by atoms with Gasteiger partial charge in [0.25, 0.3) is 5.91 Å². The Labute approximate surface area is 140 Å². The van der Waals surface area contributed by atoms with Crippen molar-refractivity contribution in [2.24, 2.45) is 0 Å². The first kappa shape index (κ1) is 17.2. The van der Waals surface area contributed by atoms with Crippen molar-refractivity contribution in [2.45, 2.75) is 40.7 Å². The van der Waals surface area contributed by atoms with Gasteiger partial charge in [-0.05, 0) is 62.8 Å². The first-order valence-electron chi connectivity index (χ1n) is 7.43. The van der Waals surface area contributed by atoms with E-state index in [1.165, 1.54) is 11.3 Å². The summed E-state index contributed by atoms with van der Waals surface area (Å²) < 4.78 is 5.27. The molecule has 0 aliphatic heterocycles. The Hall–Kier alpha value is -2.14. The van der Waals surface area contributed by atoms with Gasteiger partial charge >= 0.3 is 5.97 Å². The summed E-state index contributed by atoms with van der Waals surface area (Å²) in [6, 6.07) is 5.87. The number of thiophene rings is 1. The molecule has 1 atom stereocenters. The van der Waals surface area contributed by atoms with Gasteiger partial charge in [0.15, 0.2) is 6.10 Å². The van der Waals surface area contributed by atoms with Crippen molar-refractivity contribution in [3.63, 3.8) is 0 Å². The van der Waals surface area contributed by atoms with Gasteiger partial charge in [-0.25, -0.2) is 4.79 Å². The third kappa shape index (κ3) is 3.99. The van der Waals surface area contributed by atoms with Crippen molar-refractivity contribution in [1.29, 1.82) is 0 Å². The highest BCUT2D eigenvalue weighted by atomic mass is 32.1. The zero-order valence-electron chi connectivity index (χ0n) is 14.0. The van der Waals surface area contributed by atoms with E-state index in [1.807, 2.05) is 51.3 Å². The third-order valence-corrected chi connectivity index (χ3v) is 4.62. The minimum Gasteiger partial charge on any atom is -0.448 e. The molecule has 0 fully saturated rings. The van der Waals surface area contributed by atoms with E-state index in [2.05, 4.69) is 5.32 Å². The van der Waals surface area contributed by atoms with Crippen molar-refractivity contribution in [1.82, 2.24) is 0 Å². The standard InChI is InChI=1S/C18H21NO3S/c1-10-8-12(3)15(13(4)9-10)19-17(20)14(5)22-18(21)16-11(2)6-7-23-16/h6-9,14H,1-5H3,(H,19,20)/t14-/m0/s1. The van der Waals surface area contributed by atoms with Crippen LogP contribution in [0.4, 0.5) is 5.69 Å². The normalized spacial score (nSPS) is 11.9. The Morgan fingerprint density at radius 3 is 2.22 bits per heavy atom. The summed E-state index contributed by atoms with van der Waals surface area (Å²) >= 11 is 1.32. The third-order valence-electron chi connectivity index (χ3n) is 3.63. The Bertz CT molecular complexity index is 725. The van der Waals surface area contributed by atoms with Crippen molar-refractivity contribution >= 4 is 28.9 Å². The highest BCUT2D eigenvalue weighted by Crippen LogP contribution is 2.23. The number of ether oxygens (including phenoxy) is 1. The molecule has 1 amide bonds. The van der Waals surface area contributed by atoms with Crippen LogP contribution in [0.2, 0.25) is 0 Å². The quantitative estimate of drug-likeness (QED) is 0.856. The van der Waals surface area contributed by atoms with Gasteiger partial charge in [0.05, 0.1) is 0 Å². The molecule has 1 N–H and O–H groups in total. The van der Waals surface area contributed by atoms with E-state index >= 15 is 0 Å². The Morgan fingerprint density at radius 1 is 1.09 bits per heavy atom.